The molecule has 1 heterocycles. The van der Waals surface area contributed by atoms with Gasteiger partial charge < -0.3 is 24.5 Å². The molecular weight excluding hydrogens is 408 g/mol. The average Bonchev–Trinajstić information content (AvgIpc) is 3.13. The van der Waals surface area contributed by atoms with Crippen molar-refractivity contribution < 1.29 is 23.8 Å². The van der Waals surface area contributed by atoms with Gasteiger partial charge in [-0.1, -0.05) is 30.3 Å². The Balaban J connectivity index is 1.77. The minimum absolute atomic E-state index is 0.219. The van der Waals surface area contributed by atoms with Crippen LogP contribution in [-0.4, -0.2) is 35.3 Å². The lowest BCUT2D eigenvalue weighted by Gasteiger charge is -2.22. The van der Waals surface area contributed by atoms with Gasteiger partial charge in [0.2, 0.25) is 0 Å². The Labute approximate surface area is 188 Å². The Morgan fingerprint density at radius 2 is 1.84 bits per heavy atom. The van der Waals surface area contributed by atoms with Crippen LogP contribution in [-0.2, 0) is 27.3 Å². The number of hydrogen-bond acceptors (Lipinski definition) is 5. The van der Waals surface area contributed by atoms with Crippen LogP contribution in [0, 0.1) is 0 Å². The predicted molar refractivity (Wildman–Crippen MR) is 123 cm³/mol. The molecule has 1 aromatic heterocycles. The minimum atomic E-state index is -0.877. The molecule has 1 atom stereocenters. The second-order valence-corrected chi connectivity index (χ2v) is 8.45. The molecule has 7 heteroatoms. The molecule has 0 saturated heterocycles. The van der Waals surface area contributed by atoms with Crippen LogP contribution >= 0.6 is 0 Å². The number of aromatic amines is 1. The maximum Gasteiger partial charge on any atom is 0.408 e. The van der Waals surface area contributed by atoms with Crippen LogP contribution in [0.5, 0.6) is 5.75 Å². The molecule has 3 rings (SSSR count). The second-order valence-electron chi connectivity index (χ2n) is 8.45. The van der Waals surface area contributed by atoms with Crippen molar-refractivity contribution in [2.45, 2.75) is 52.4 Å². The minimum Gasteiger partial charge on any atom is -0.489 e. The van der Waals surface area contributed by atoms with Crippen LogP contribution < -0.4 is 10.1 Å². The molecule has 2 N–H and O–H groups in total. The first-order chi connectivity index (χ1) is 15.2. The topological polar surface area (TPSA) is 89.7 Å². The standard InChI is InChI=1S/C25H30N2O5/c1-5-30-23(28)22(27-24(29)32-25(2,3)4)13-18-15-26-21-12-11-19(14-20(18)21)31-16-17-9-7-6-8-10-17/h6-12,14-15,22,26H,5,13,16H2,1-4H3,(H,27,29)/t22-/m1/s1. The second kappa shape index (κ2) is 10.2. The Bertz CT molecular complexity index is 1050. The third-order valence-corrected chi connectivity index (χ3v) is 4.67. The third kappa shape index (κ3) is 6.51. The van der Waals surface area contributed by atoms with E-state index in [1.807, 2.05) is 54.7 Å². The summed E-state index contributed by atoms with van der Waals surface area (Å²) in [5, 5.41) is 3.55. The van der Waals surface area contributed by atoms with Crippen LogP contribution in [0.3, 0.4) is 0 Å². The number of nitrogens with one attached hydrogen (secondary N) is 2. The Hall–Kier alpha value is -3.48. The summed E-state index contributed by atoms with van der Waals surface area (Å²) in [7, 11) is 0. The van der Waals surface area contributed by atoms with Gasteiger partial charge in [0.25, 0.3) is 0 Å². The molecule has 0 saturated carbocycles. The number of hydrogen-bond donors (Lipinski definition) is 2. The fourth-order valence-corrected chi connectivity index (χ4v) is 3.26. The largest absolute Gasteiger partial charge is 0.489 e. The van der Waals surface area contributed by atoms with Gasteiger partial charge in [0.15, 0.2) is 0 Å². The van der Waals surface area contributed by atoms with Gasteiger partial charge >= 0.3 is 12.1 Å². The highest BCUT2D eigenvalue weighted by Crippen LogP contribution is 2.25. The first-order valence-corrected chi connectivity index (χ1v) is 10.7. The number of fused-ring (bicyclic) bond motifs is 1. The zero-order valence-corrected chi connectivity index (χ0v) is 18.9. The average molecular weight is 439 g/mol. The smallest absolute Gasteiger partial charge is 0.408 e. The first kappa shape index (κ1) is 23.2. The van der Waals surface area contributed by atoms with Crippen molar-refractivity contribution in [2.75, 3.05) is 6.61 Å². The van der Waals surface area contributed by atoms with E-state index in [-0.39, 0.29) is 13.0 Å². The van der Waals surface area contributed by atoms with Gasteiger partial charge in [-0.3, -0.25) is 0 Å². The van der Waals surface area contributed by atoms with Crippen LogP contribution in [0.2, 0.25) is 0 Å². The van der Waals surface area contributed by atoms with Gasteiger partial charge in [0.05, 0.1) is 6.61 Å². The van der Waals surface area contributed by atoms with Crippen molar-refractivity contribution in [3.05, 3.63) is 65.9 Å². The lowest BCUT2D eigenvalue weighted by Crippen LogP contribution is -2.45. The van der Waals surface area contributed by atoms with Crippen LogP contribution in [0.4, 0.5) is 4.79 Å². The zero-order chi connectivity index (χ0) is 23.1. The highest BCUT2D eigenvalue weighted by molar-refractivity contribution is 5.87. The zero-order valence-electron chi connectivity index (χ0n) is 18.9. The number of carbonyl (C=O) groups is 2. The molecule has 0 aliphatic heterocycles. The van der Waals surface area contributed by atoms with E-state index in [1.54, 1.807) is 27.7 Å². The maximum absolute atomic E-state index is 12.5. The lowest BCUT2D eigenvalue weighted by atomic mass is 10.0. The molecule has 0 bridgehead atoms. The van der Waals surface area contributed by atoms with Gasteiger partial charge in [-0.05, 0) is 57.0 Å². The number of ether oxygens (including phenoxy) is 3. The molecule has 0 spiro atoms. The van der Waals surface area contributed by atoms with E-state index in [0.717, 1.165) is 27.8 Å². The molecule has 7 nitrogen and oxygen atoms in total. The lowest BCUT2D eigenvalue weighted by molar-refractivity contribution is -0.145. The number of aromatic nitrogens is 1. The summed E-state index contributed by atoms with van der Waals surface area (Å²) in [6.07, 6.45) is 1.41. The normalized spacial score (nSPS) is 12.2. The first-order valence-electron chi connectivity index (χ1n) is 10.7. The summed E-state index contributed by atoms with van der Waals surface area (Å²) in [5.74, 6) is 0.208. The number of alkyl carbamates (subject to hydrolysis) is 1. The quantitative estimate of drug-likeness (QED) is 0.496. The van der Waals surface area contributed by atoms with Crippen molar-refractivity contribution in [1.82, 2.24) is 10.3 Å². The molecule has 0 radical (unpaired) electrons. The molecule has 0 aliphatic carbocycles. The van der Waals surface area contributed by atoms with E-state index < -0.39 is 23.7 Å². The molecular formula is C25H30N2O5. The van der Waals surface area contributed by atoms with Gasteiger partial charge in [-0.25, -0.2) is 9.59 Å². The Kier molecular flexibility index (Phi) is 7.41. The Morgan fingerprint density at radius 3 is 2.53 bits per heavy atom. The number of benzene rings is 2. The van der Waals surface area contributed by atoms with Crippen molar-refractivity contribution in [2.24, 2.45) is 0 Å². The van der Waals surface area contributed by atoms with E-state index in [0.29, 0.717) is 6.61 Å². The van der Waals surface area contributed by atoms with Crippen molar-refractivity contribution in [3.63, 3.8) is 0 Å². The fraction of sp³-hybridized carbons (Fsp3) is 0.360. The molecule has 32 heavy (non-hydrogen) atoms. The number of amides is 1. The van der Waals surface area contributed by atoms with Crippen molar-refractivity contribution >= 4 is 23.0 Å². The SMILES string of the molecule is CCOC(=O)[C@@H](Cc1c[nH]c2ccc(OCc3ccccc3)cc12)NC(=O)OC(C)(C)C. The van der Waals surface area contributed by atoms with Crippen molar-refractivity contribution in [1.29, 1.82) is 0 Å². The van der Waals surface area contributed by atoms with E-state index in [4.69, 9.17) is 14.2 Å². The number of H-pyrrole nitrogens is 1. The van der Waals surface area contributed by atoms with Crippen LogP contribution in [0.15, 0.2) is 54.7 Å². The molecule has 0 aliphatic rings. The number of rotatable bonds is 8. The third-order valence-electron chi connectivity index (χ3n) is 4.67. The van der Waals surface area contributed by atoms with Crippen LogP contribution in [0.1, 0.15) is 38.8 Å². The molecule has 170 valence electrons. The van der Waals surface area contributed by atoms with Crippen LogP contribution in [0.25, 0.3) is 10.9 Å². The van der Waals surface area contributed by atoms with E-state index in [9.17, 15) is 9.59 Å². The molecule has 1 amide bonds. The summed E-state index contributed by atoms with van der Waals surface area (Å²) in [6.45, 7) is 7.70. The number of esters is 1. The summed E-state index contributed by atoms with van der Waals surface area (Å²) in [5.41, 5.74) is 2.17. The summed E-state index contributed by atoms with van der Waals surface area (Å²) >= 11 is 0. The summed E-state index contributed by atoms with van der Waals surface area (Å²) in [4.78, 5) is 28.0. The summed E-state index contributed by atoms with van der Waals surface area (Å²) in [6, 6.07) is 14.8. The number of carbonyl (C=O) groups excluding carboxylic acids is 2. The molecule has 3 aromatic rings. The van der Waals surface area contributed by atoms with E-state index in [2.05, 4.69) is 10.3 Å². The van der Waals surface area contributed by atoms with E-state index in [1.165, 1.54) is 0 Å². The van der Waals surface area contributed by atoms with E-state index >= 15 is 0 Å². The monoisotopic (exact) mass is 438 g/mol. The molecule has 0 fully saturated rings. The fourth-order valence-electron chi connectivity index (χ4n) is 3.26. The van der Waals surface area contributed by atoms with Gasteiger partial charge in [0, 0.05) is 23.5 Å². The van der Waals surface area contributed by atoms with Gasteiger partial charge in [-0.15, -0.1) is 0 Å². The molecule has 2 aromatic carbocycles. The van der Waals surface area contributed by atoms with Gasteiger partial charge in [0.1, 0.15) is 24.0 Å². The highest BCUT2D eigenvalue weighted by Gasteiger charge is 2.26. The maximum atomic E-state index is 12.5. The Morgan fingerprint density at radius 1 is 1.09 bits per heavy atom. The van der Waals surface area contributed by atoms with Gasteiger partial charge in [-0.2, -0.15) is 0 Å². The predicted octanol–water partition coefficient (Wildman–Crippen LogP) is 4.75. The van der Waals surface area contributed by atoms with Crippen molar-refractivity contribution in [3.8, 4) is 5.75 Å². The molecule has 0 unspecified atom stereocenters. The summed E-state index contributed by atoms with van der Waals surface area (Å²) < 4.78 is 16.4. The highest BCUT2D eigenvalue weighted by atomic mass is 16.6.